The van der Waals surface area contributed by atoms with Gasteiger partial charge in [0, 0.05) is 19.0 Å². The fraction of sp³-hybridized carbons (Fsp3) is 0.643. The van der Waals surface area contributed by atoms with Crippen LogP contribution >= 0.6 is 12.4 Å². The first-order valence-corrected chi connectivity index (χ1v) is 6.27. The molecule has 18 heavy (non-hydrogen) atoms. The first-order valence-electron chi connectivity index (χ1n) is 6.27. The van der Waals surface area contributed by atoms with Gasteiger partial charge in [-0.05, 0) is 31.2 Å². The number of rotatable bonds is 6. The molecule has 1 amide bonds. The molecular formula is C14H25ClN2O. The Balaban J connectivity index is 0.00000289. The number of hydrogen-bond donors (Lipinski definition) is 1. The lowest BCUT2D eigenvalue weighted by Gasteiger charge is -2.25. The highest BCUT2D eigenvalue weighted by molar-refractivity contribution is 5.85. The molecule has 1 unspecified atom stereocenters. The Morgan fingerprint density at radius 3 is 2.39 bits per heavy atom. The van der Waals surface area contributed by atoms with E-state index in [9.17, 15) is 4.79 Å². The Morgan fingerprint density at radius 2 is 2.00 bits per heavy atom. The van der Waals surface area contributed by atoms with E-state index in [0.717, 1.165) is 32.4 Å². The molecule has 0 aromatic heterocycles. The Hall–Kier alpha value is -0.800. The molecule has 1 heterocycles. The zero-order valence-electron chi connectivity index (χ0n) is 11.2. The highest BCUT2D eigenvalue weighted by Gasteiger charge is 2.36. The average Bonchev–Trinajstić information content (AvgIpc) is 2.72. The van der Waals surface area contributed by atoms with Crippen molar-refractivity contribution in [2.24, 2.45) is 17.1 Å². The third-order valence-corrected chi connectivity index (χ3v) is 3.61. The molecule has 1 atom stereocenters. The third kappa shape index (κ3) is 4.14. The highest BCUT2D eigenvalue weighted by atomic mass is 35.5. The van der Waals surface area contributed by atoms with Gasteiger partial charge in [0.2, 0.25) is 5.91 Å². The minimum absolute atomic E-state index is 0. The van der Waals surface area contributed by atoms with Crippen LogP contribution < -0.4 is 5.73 Å². The van der Waals surface area contributed by atoms with Gasteiger partial charge in [0.05, 0.1) is 0 Å². The van der Waals surface area contributed by atoms with Gasteiger partial charge >= 0.3 is 0 Å². The van der Waals surface area contributed by atoms with Gasteiger partial charge in [-0.2, -0.15) is 0 Å². The molecule has 1 fully saturated rings. The molecule has 2 N–H and O–H groups in total. The number of halogens is 1. The molecule has 0 aromatic carbocycles. The third-order valence-electron chi connectivity index (χ3n) is 3.61. The number of amides is 1. The molecule has 1 aliphatic rings. The normalized spacial score (nSPS) is 22.7. The Bertz CT molecular complexity index is 296. The van der Waals surface area contributed by atoms with E-state index in [1.807, 2.05) is 17.1 Å². The van der Waals surface area contributed by atoms with Crippen LogP contribution in [0.3, 0.4) is 0 Å². The van der Waals surface area contributed by atoms with Crippen molar-refractivity contribution in [3.05, 3.63) is 25.3 Å². The van der Waals surface area contributed by atoms with Crippen molar-refractivity contribution in [1.82, 2.24) is 4.90 Å². The van der Waals surface area contributed by atoms with Crippen LogP contribution in [0.15, 0.2) is 25.3 Å². The summed E-state index contributed by atoms with van der Waals surface area (Å²) in [4.78, 5) is 14.3. The summed E-state index contributed by atoms with van der Waals surface area (Å²) in [6, 6.07) is 0. The predicted octanol–water partition coefficient (Wildman–Crippen LogP) is 2.37. The summed E-state index contributed by atoms with van der Waals surface area (Å²) >= 11 is 0. The zero-order chi connectivity index (χ0) is 12.9. The maximum absolute atomic E-state index is 12.3. The van der Waals surface area contributed by atoms with E-state index in [-0.39, 0.29) is 29.6 Å². The molecule has 1 rings (SSSR count). The number of nitrogens with two attached hydrogens (primary N) is 1. The van der Waals surface area contributed by atoms with Crippen molar-refractivity contribution < 1.29 is 4.79 Å². The highest BCUT2D eigenvalue weighted by Crippen LogP contribution is 2.30. The Labute approximate surface area is 117 Å². The summed E-state index contributed by atoms with van der Waals surface area (Å²) in [5, 5.41) is 0. The molecule has 1 aliphatic heterocycles. The molecule has 4 heteroatoms. The average molecular weight is 273 g/mol. The lowest BCUT2D eigenvalue weighted by Crippen LogP contribution is -2.37. The van der Waals surface area contributed by atoms with Gasteiger partial charge in [-0.3, -0.25) is 4.79 Å². The molecule has 0 spiro atoms. The van der Waals surface area contributed by atoms with E-state index < -0.39 is 0 Å². The van der Waals surface area contributed by atoms with Gasteiger partial charge in [-0.25, -0.2) is 0 Å². The lowest BCUT2D eigenvalue weighted by atomic mass is 9.90. The standard InChI is InChI=1S/C14H24N2O.ClH/c1-4-6-12(7-5-2)13(17)16-9-8-14(3,10-15)11-16;/h4-5,12H,1-2,6-11,15H2,3H3;1H. The second-order valence-corrected chi connectivity index (χ2v) is 5.27. The summed E-state index contributed by atoms with van der Waals surface area (Å²) in [5.41, 5.74) is 5.85. The quantitative estimate of drug-likeness (QED) is 0.755. The van der Waals surface area contributed by atoms with Crippen molar-refractivity contribution in [2.45, 2.75) is 26.2 Å². The number of allylic oxidation sites excluding steroid dienone is 2. The Kier molecular flexibility index (Phi) is 7.26. The van der Waals surface area contributed by atoms with E-state index in [0.29, 0.717) is 6.54 Å². The molecule has 0 aliphatic carbocycles. The summed E-state index contributed by atoms with van der Waals surface area (Å²) in [6.45, 7) is 11.8. The van der Waals surface area contributed by atoms with Gasteiger partial charge in [-0.1, -0.05) is 19.1 Å². The summed E-state index contributed by atoms with van der Waals surface area (Å²) in [6.07, 6.45) is 6.07. The van der Waals surface area contributed by atoms with Crippen LogP contribution in [0.2, 0.25) is 0 Å². The largest absolute Gasteiger partial charge is 0.342 e. The second-order valence-electron chi connectivity index (χ2n) is 5.27. The van der Waals surface area contributed by atoms with E-state index in [4.69, 9.17) is 5.73 Å². The van der Waals surface area contributed by atoms with Crippen molar-refractivity contribution in [3.8, 4) is 0 Å². The summed E-state index contributed by atoms with van der Waals surface area (Å²) in [7, 11) is 0. The topological polar surface area (TPSA) is 46.3 Å². The minimum Gasteiger partial charge on any atom is -0.342 e. The number of hydrogen-bond acceptors (Lipinski definition) is 2. The van der Waals surface area contributed by atoms with Crippen LogP contribution in [0.1, 0.15) is 26.2 Å². The second kappa shape index (κ2) is 7.59. The van der Waals surface area contributed by atoms with Crippen LogP contribution in [0.4, 0.5) is 0 Å². The number of likely N-dealkylation sites (tertiary alicyclic amines) is 1. The van der Waals surface area contributed by atoms with Crippen LogP contribution in [0.25, 0.3) is 0 Å². The van der Waals surface area contributed by atoms with E-state index in [1.165, 1.54) is 0 Å². The Morgan fingerprint density at radius 1 is 1.44 bits per heavy atom. The van der Waals surface area contributed by atoms with Gasteiger partial charge in [0.25, 0.3) is 0 Å². The van der Waals surface area contributed by atoms with Gasteiger partial charge in [0.1, 0.15) is 0 Å². The first-order chi connectivity index (χ1) is 8.06. The molecule has 1 saturated heterocycles. The van der Waals surface area contributed by atoms with Crippen molar-refractivity contribution in [1.29, 1.82) is 0 Å². The molecule has 3 nitrogen and oxygen atoms in total. The van der Waals surface area contributed by atoms with Gasteiger partial charge in [0.15, 0.2) is 0 Å². The van der Waals surface area contributed by atoms with Crippen LogP contribution in [-0.4, -0.2) is 30.4 Å². The maximum atomic E-state index is 12.3. The van der Waals surface area contributed by atoms with E-state index in [1.54, 1.807) is 0 Å². The van der Waals surface area contributed by atoms with Crippen molar-refractivity contribution in [3.63, 3.8) is 0 Å². The van der Waals surface area contributed by atoms with E-state index in [2.05, 4.69) is 20.1 Å². The number of carbonyl (C=O) groups is 1. The first kappa shape index (κ1) is 17.2. The number of nitrogens with zero attached hydrogens (tertiary/aromatic N) is 1. The van der Waals surface area contributed by atoms with Crippen LogP contribution in [0, 0.1) is 11.3 Å². The van der Waals surface area contributed by atoms with Crippen molar-refractivity contribution >= 4 is 18.3 Å². The van der Waals surface area contributed by atoms with Crippen LogP contribution in [0.5, 0.6) is 0 Å². The molecule has 104 valence electrons. The molecule has 0 saturated carbocycles. The van der Waals surface area contributed by atoms with Gasteiger partial charge < -0.3 is 10.6 Å². The van der Waals surface area contributed by atoms with Gasteiger partial charge in [-0.15, -0.1) is 25.6 Å². The fourth-order valence-electron chi connectivity index (χ4n) is 2.34. The predicted molar refractivity (Wildman–Crippen MR) is 78.7 cm³/mol. The molecular weight excluding hydrogens is 248 g/mol. The van der Waals surface area contributed by atoms with Crippen LogP contribution in [-0.2, 0) is 4.79 Å². The lowest BCUT2D eigenvalue weighted by molar-refractivity contribution is -0.134. The monoisotopic (exact) mass is 272 g/mol. The van der Waals surface area contributed by atoms with Crippen molar-refractivity contribution in [2.75, 3.05) is 19.6 Å². The molecule has 0 radical (unpaired) electrons. The molecule has 0 aromatic rings. The molecule has 0 bridgehead atoms. The SMILES string of the molecule is C=CCC(CC=C)C(=O)N1CCC(C)(CN)C1.Cl. The fourth-order valence-corrected chi connectivity index (χ4v) is 2.34. The maximum Gasteiger partial charge on any atom is 0.226 e. The summed E-state index contributed by atoms with van der Waals surface area (Å²) < 4.78 is 0. The summed E-state index contributed by atoms with van der Waals surface area (Å²) in [5.74, 6) is 0.229. The zero-order valence-corrected chi connectivity index (χ0v) is 12.0. The number of carbonyl (C=O) groups excluding carboxylic acids is 1. The smallest absolute Gasteiger partial charge is 0.226 e. The van der Waals surface area contributed by atoms with E-state index >= 15 is 0 Å². The minimum atomic E-state index is 0.